The summed E-state index contributed by atoms with van der Waals surface area (Å²) in [5, 5.41) is 3.23. The minimum absolute atomic E-state index is 0.139. The number of unbranched alkanes of at least 4 members (excludes halogenated alkanes) is 1. The third-order valence-corrected chi connectivity index (χ3v) is 4.74. The van der Waals surface area contributed by atoms with Crippen molar-refractivity contribution in [3.05, 3.63) is 54.2 Å². The second-order valence-electron chi connectivity index (χ2n) is 5.37. The van der Waals surface area contributed by atoms with Crippen LogP contribution in [0.25, 0.3) is 0 Å². The van der Waals surface area contributed by atoms with Gasteiger partial charge in [0.05, 0.1) is 17.6 Å². The first-order chi connectivity index (χ1) is 11.1. The molecule has 0 spiro atoms. The predicted octanol–water partition coefficient (Wildman–Crippen LogP) is 3.28. The Hall–Kier alpha value is -2.08. The highest BCUT2D eigenvalue weighted by molar-refractivity contribution is 7.92. The molecule has 5 nitrogen and oxygen atoms in total. The summed E-state index contributed by atoms with van der Waals surface area (Å²) in [5.74, 6) is 0.873. The Bertz CT molecular complexity index is 686. The fourth-order valence-electron chi connectivity index (χ4n) is 2.10. The van der Waals surface area contributed by atoms with E-state index in [0.717, 1.165) is 25.2 Å². The molecule has 0 aliphatic rings. The summed E-state index contributed by atoms with van der Waals surface area (Å²) >= 11 is 0. The maximum Gasteiger partial charge on any atom is 0.232 e. The lowest BCUT2D eigenvalue weighted by Crippen LogP contribution is -2.16. The lowest BCUT2D eigenvalue weighted by atomic mass is 10.1. The van der Waals surface area contributed by atoms with Gasteiger partial charge in [0.1, 0.15) is 5.82 Å². The number of nitrogens with one attached hydrogen (secondary N) is 2. The maximum atomic E-state index is 11.8. The third-order valence-electron chi connectivity index (χ3n) is 3.37. The minimum Gasteiger partial charge on any atom is -0.370 e. The smallest absolute Gasteiger partial charge is 0.232 e. The van der Waals surface area contributed by atoms with Gasteiger partial charge in [0, 0.05) is 6.54 Å². The molecule has 0 atom stereocenters. The number of pyridine rings is 1. The van der Waals surface area contributed by atoms with E-state index in [2.05, 4.69) is 27.2 Å². The Labute approximate surface area is 138 Å². The van der Waals surface area contributed by atoms with Crippen LogP contribution in [-0.2, 0) is 16.4 Å². The molecule has 6 heteroatoms. The van der Waals surface area contributed by atoms with Crippen LogP contribution in [0.1, 0.15) is 25.3 Å². The largest absolute Gasteiger partial charge is 0.370 e. The average molecular weight is 333 g/mol. The molecule has 2 rings (SSSR count). The van der Waals surface area contributed by atoms with Crippen LogP contribution in [0.4, 0.5) is 11.5 Å². The lowest BCUT2D eigenvalue weighted by molar-refractivity contribution is 0.598. The number of rotatable bonds is 9. The standard InChI is InChI=1S/C17H23N3O2S/c1-2-3-13-23(21,22)20-16-9-10-17(19-14-16)18-12-11-15-7-5-4-6-8-15/h4-10,14,20H,2-3,11-13H2,1H3,(H,18,19). The number of anilines is 2. The first-order valence-electron chi connectivity index (χ1n) is 7.83. The molecule has 0 aliphatic carbocycles. The molecule has 2 aromatic rings. The number of hydrogen-bond donors (Lipinski definition) is 2. The van der Waals surface area contributed by atoms with E-state index in [4.69, 9.17) is 0 Å². The molecule has 0 radical (unpaired) electrons. The lowest BCUT2D eigenvalue weighted by Gasteiger charge is -2.09. The highest BCUT2D eigenvalue weighted by Gasteiger charge is 2.09. The molecule has 0 amide bonds. The van der Waals surface area contributed by atoms with Gasteiger partial charge in [0.25, 0.3) is 0 Å². The van der Waals surface area contributed by atoms with Gasteiger partial charge in [0.2, 0.25) is 10.0 Å². The molecule has 23 heavy (non-hydrogen) atoms. The molecule has 1 heterocycles. The molecule has 0 bridgehead atoms. The van der Waals surface area contributed by atoms with Gasteiger partial charge in [-0.3, -0.25) is 4.72 Å². The summed E-state index contributed by atoms with van der Waals surface area (Å²) in [4.78, 5) is 4.24. The van der Waals surface area contributed by atoms with Gasteiger partial charge in [-0.1, -0.05) is 43.7 Å². The van der Waals surface area contributed by atoms with Crippen LogP contribution in [0.2, 0.25) is 0 Å². The summed E-state index contributed by atoms with van der Waals surface area (Å²) in [6.07, 6.45) is 3.95. The number of hydrogen-bond acceptors (Lipinski definition) is 4. The number of nitrogens with zero attached hydrogens (tertiary/aromatic N) is 1. The van der Waals surface area contributed by atoms with Crippen molar-refractivity contribution in [2.45, 2.75) is 26.2 Å². The molecule has 0 saturated heterocycles. The SMILES string of the molecule is CCCCS(=O)(=O)Nc1ccc(NCCc2ccccc2)nc1. The van der Waals surface area contributed by atoms with Crippen LogP contribution >= 0.6 is 0 Å². The van der Waals surface area contributed by atoms with E-state index in [9.17, 15) is 8.42 Å². The van der Waals surface area contributed by atoms with Gasteiger partial charge < -0.3 is 5.32 Å². The zero-order valence-electron chi connectivity index (χ0n) is 13.3. The number of benzene rings is 1. The van der Waals surface area contributed by atoms with E-state index in [1.807, 2.05) is 25.1 Å². The quantitative estimate of drug-likeness (QED) is 0.739. The van der Waals surface area contributed by atoms with Crippen molar-refractivity contribution in [1.82, 2.24) is 4.98 Å². The van der Waals surface area contributed by atoms with Crippen molar-refractivity contribution in [3.63, 3.8) is 0 Å². The van der Waals surface area contributed by atoms with E-state index in [1.54, 1.807) is 12.1 Å². The summed E-state index contributed by atoms with van der Waals surface area (Å²) in [5.41, 5.74) is 1.76. The van der Waals surface area contributed by atoms with Crippen molar-refractivity contribution in [3.8, 4) is 0 Å². The molecular formula is C17H23N3O2S. The molecule has 0 saturated carbocycles. The van der Waals surface area contributed by atoms with Gasteiger partial charge in [0.15, 0.2) is 0 Å². The maximum absolute atomic E-state index is 11.8. The summed E-state index contributed by atoms with van der Waals surface area (Å²) < 4.78 is 26.2. The zero-order chi connectivity index (χ0) is 16.5. The Balaban J connectivity index is 1.82. The van der Waals surface area contributed by atoms with E-state index >= 15 is 0 Å². The predicted molar refractivity (Wildman–Crippen MR) is 95.2 cm³/mol. The third kappa shape index (κ3) is 6.28. The number of sulfonamides is 1. The Morgan fingerprint density at radius 1 is 1.09 bits per heavy atom. The van der Waals surface area contributed by atoms with E-state index in [1.165, 1.54) is 11.8 Å². The monoisotopic (exact) mass is 333 g/mol. The fourth-order valence-corrected chi connectivity index (χ4v) is 3.35. The van der Waals surface area contributed by atoms with E-state index in [0.29, 0.717) is 12.1 Å². The van der Waals surface area contributed by atoms with Gasteiger partial charge in [-0.15, -0.1) is 0 Å². The van der Waals surface area contributed by atoms with E-state index < -0.39 is 10.0 Å². The van der Waals surface area contributed by atoms with Crippen LogP contribution in [-0.4, -0.2) is 25.7 Å². The molecule has 1 aromatic carbocycles. The Kier molecular flexibility index (Phi) is 6.40. The van der Waals surface area contributed by atoms with Gasteiger partial charge in [-0.05, 0) is 30.5 Å². The fraction of sp³-hybridized carbons (Fsp3) is 0.353. The van der Waals surface area contributed by atoms with Crippen molar-refractivity contribution >= 4 is 21.5 Å². The van der Waals surface area contributed by atoms with Crippen molar-refractivity contribution in [2.75, 3.05) is 22.3 Å². The van der Waals surface area contributed by atoms with Crippen LogP contribution in [0.5, 0.6) is 0 Å². The minimum atomic E-state index is -3.27. The summed E-state index contributed by atoms with van der Waals surface area (Å²) in [7, 11) is -3.27. The number of aromatic nitrogens is 1. The molecule has 1 aromatic heterocycles. The highest BCUT2D eigenvalue weighted by atomic mass is 32.2. The molecule has 124 valence electrons. The zero-order valence-corrected chi connectivity index (χ0v) is 14.1. The first kappa shape index (κ1) is 17.3. The van der Waals surface area contributed by atoms with Crippen molar-refractivity contribution in [1.29, 1.82) is 0 Å². The Morgan fingerprint density at radius 3 is 2.52 bits per heavy atom. The highest BCUT2D eigenvalue weighted by Crippen LogP contribution is 2.12. The van der Waals surface area contributed by atoms with E-state index in [-0.39, 0.29) is 5.75 Å². The van der Waals surface area contributed by atoms with Crippen molar-refractivity contribution < 1.29 is 8.42 Å². The van der Waals surface area contributed by atoms with Crippen LogP contribution in [0.15, 0.2) is 48.7 Å². The Morgan fingerprint density at radius 2 is 1.87 bits per heavy atom. The first-order valence-corrected chi connectivity index (χ1v) is 9.48. The average Bonchev–Trinajstić information content (AvgIpc) is 2.55. The van der Waals surface area contributed by atoms with Gasteiger partial charge >= 0.3 is 0 Å². The van der Waals surface area contributed by atoms with Crippen LogP contribution < -0.4 is 10.0 Å². The second-order valence-corrected chi connectivity index (χ2v) is 7.21. The topological polar surface area (TPSA) is 71.1 Å². The van der Waals surface area contributed by atoms with Crippen LogP contribution in [0.3, 0.4) is 0 Å². The molecule has 2 N–H and O–H groups in total. The molecule has 0 unspecified atom stereocenters. The second kappa shape index (κ2) is 8.53. The summed E-state index contributed by atoms with van der Waals surface area (Å²) in [6, 6.07) is 13.7. The van der Waals surface area contributed by atoms with Crippen LogP contribution in [0, 0.1) is 0 Å². The summed E-state index contributed by atoms with van der Waals surface area (Å²) in [6.45, 7) is 2.74. The van der Waals surface area contributed by atoms with Crippen molar-refractivity contribution in [2.24, 2.45) is 0 Å². The molecule has 0 fully saturated rings. The normalized spacial score (nSPS) is 11.2. The van der Waals surface area contributed by atoms with Gasteiger partial charge in [-0.25, -0.2) is 13.4 Å². The molecular weight excluding hydrogens is 310 g/mol. The molecule has 0 aliphatic heterocycles. The van der Waals surface area contributed by atoms with Gasteiger partial charge in [-0.2, -0.15) is 0 Å².